The molecule has 0 aliphatic rings. The fourth-order valence-electron chi connectivity index (χ4n) is 2.56. The minimum atomic E-state index is 0. The van der Waals surface area contributed by atoms with E-state index in [9.17, 15) is 0 Å². The molecule has 29 heavy (non-hydrogen) atoms. The summed E-state index contributed by atoms with van der Waals surface area (Å²) in [7, 11) is 0. The third-order valence-corrected chi connectivity index (χ3v) is 4.20. The maximum atomic E-state index is 5.91. The number of guanidine groups is 1. The SMILES string of the molecule is CCNC(=NCc1nc(-c2ccc(Cl)cc2)no1)NCCn1cnnc1CC.I. The fraction of sp³-hybridized carbons (Fsp3) is 0.389. The molecular formula is C18H24ClIN8O. The number of nitrogens with zero attached hydrogens (tertiary/aromatic N) is 6. The van der Waals surface area contributed by atoms with Crippen LogP contribution in [0.1, 0.15) is 25.6 Å². The Labute approximate surface area is 191 Å². The minimum absolute atomic E-state index is 0. The Morgan fingerprint density at radius 3 is 2.72 bits per heavy atom. The number of aromatic nitrogens is 5. The van der Waals surface area contributed by atoms with Gasteiger partial charge >= 0.3 is 0 Å². The number of nitrogens with one attached hydrogen (secondary N) is 2. The second kappa shape index (κ2) is 11.7. The maximum absolute atomic E-state index is 5.91. The Kier molecular flexibility index (Phi) is 9.32. The van der Waals surface area contributed by atoms with Gasteiger partial charge in [-0.3, -0.25) is 0 Å². The van der Waals surface area contributed by atoms with Crippen molar-refractivity contribution in [2.75, 3.05) is 13.1 Å². The van der Waals surface area contributed by atoms with Gasteiger partial charge in [-0.2, -0.15) is 4.98 Å². The molecule has 0 bridgehead atoms. The molecule has 0 fully saturated rings. The van der Waals surface area contributed by atoms with Gasteiger partial charge in [0.05, 0.1) is 0 Å². The van der Waals surface area contributed by atoms with Crippen molar-refractivity contribution in [3.8, 4) is 11.4 Å². The highest BCUT2D eigenvalue weighted by atomic mass is 127. The minimum Gasteiger partial charge on any atom is -0.357 e. The average molecular weight is 531 g/mol. The number of hydrogen-bond donors (Lipinski definition) is 2. The van der Waals surface area contributed by atoms with Crippen molar-refractivity contribution >= 4 is 41.5 Å². The Bertz CT molecular complexity index is 909. The highest BCUT2D eigenvalue weighted by Crippen LogP contribution is 2.18. The smallest absolute Gasteiger partial charge is 0.248 e. The molecule has 0 spiro atoms. The van der Waals surface area contributed by atoms with Crippen molar-refractivity contribution in [2.24, 2.45) is 4.99 Å². The maximum Gasteiger partial charge on any atom is 0.248 e. The van der Waals surface area contributed by atoms with Crippen molar-refractivity contribution in [1.82, 2.24) is 35.5 Å². The van der Waals surface area contributed by atoms with Gasteiger partial charge < -0.3 is 19.7 Å². The molecule has 0 saturated heterocycles. The van der Waals surface area contributed by atoms with Gasteiger partial charge in [-0.05, 0) is 31.2 Å². The normalized spacial score (nSPS) is 11.2. The zero-order valence-electron chi connectivity index (χ0n) is 16.3. The van der Waals surface area contributed by atoms with Crippen LogP contribution >= 0.6 is 35.6 Å². The molecule has 156 valence electrons. The highest BCUT2D eigenvalue weighted by Gasteiger charge is 2.09. The lowest BCUT2D eigenvalue weighted by Crippen LogP contribution is -2.38. The van der Waals surface area contributed by atoms with Gasteiger partial charge in [-0.1, -0.05) is 23.7 Å². The lowest BCUT2D eigenvalue weighted by Gasteiger charge is -2.11. The molecule has 0 radical (unpaired) electrons. The zero-order chi connectivity index (χ0) is 19.8. The molecule has 3 aromatic rings. The summed E-state index contributed by atoms with van der Waals surface area (Å²) in [5.41, 5.74) is 0.842. The predicted octanol–water partition coefficient (Wildman–Crippen LogP) is 2.92. The quantitative estimate of drug-likeness (QED) is 0.262. The third-order valence-electron chi connectivity index (χ3n) is 3.94. The molecule has 0 aliphatic heterocycles. The van der Waals surface area contributed by atoms with E-state index in [0.717, 1.165) is 30.9 Å². The van der Waals surface area contributed by atoms with Gasteiger partial charge in [0.1, 0.15) is 18.7 Å². The van der Waals surface area contributed by atoms with Gasteiger partial charge in [-0.25, -0.2) is 4.99 Å². The van der Waals surface area contributed by atoms with Crippen LogP contribution in [0, 0.1) is 0 Å². The summed E-state index contributed by atoms with van der Waals surface area (Å²) in [4.78, 5) is 8.88. The van der Waals surface area contributed by atoms with Crippen molar-refractivity contribution in [3.05, 3.63) is 47.3 Å². The molecule has 0 amide bonds. The molecule has 2 heterocycles. The van der Waals surface area contributed by atoms with E-state index in [1.807, 2.05) is 23.6 Å². The average Bonchev–Trinajstić information content (AvgIpc) is 3.36. The van der Waals surface area contributed by atoms with E-state index >= 15 is 0 Å². The van der Waals surface area contributed by atoms with E-state index in [-0.39, 0.29) is 30.5 Å². The molecule has 11 heteroatoms. The van der Waals surface area contributed by atoms with E-state index in [2.05, 4.69) is 42.9 Å². The Balaban J connectivity index is 0.00000300. The van der Waals surface area contributed by atoms with Crippen LogP contribution in [0.2, 0.25) is 5.02 Å². The molecular weight excluding hydrogens is 507 g/mol. The van der Waals surface area contributed by atoms with E-state index < -0.39 is 0 Å². The Morgan fingerprint density at radius 2 is 2.00 bits per heavy atom. The third kappa shape index (κ3) is 6.67. The van der Waals surface area contributed by atoms with Crippen molar-refractivity contribution in [2.45, 2.75) is 33.4 Å². The molecule has 0 unspecified atom stereocenters. The zero-order valence-corrected chi connectivity index (χ0v) is 19.4. The Hall–Kier alpha value is -2.21. The van der Waals surface area contributed by atoms with Gasteiger partial charge in [0.15, 0.2) is 5.96 Å². The second-order valence-electron chi connectivity index (χ2n) is 5.93. The number of benzene rings is 1. The summed E-state index contributed by atoms with van der Waals surface area (Å²) < 4.78 is 7.31. The number of aliphatic imine (C=N–C) groups is 1. The topological polar surface area (TPSA) is 106 Å². The van der Waals surface area contributed by atoms with Gasteiger partial charge in [-0.15, -0.1) is 34.2 Å². The predicted molar refractivity (Wildman–Crippen MR) is 122 cm³/mol. The largest absolute Gasteiger partial charge is 0.357 e. The lowest BCUT2D eigenvalue weighted by molar-refractivity contribution is 0.380. The monoisotopic (exact) mass is 530 g/mol. The van der Waals surface area contributed by atoms with E-state index in [4.69, 9.17) is 16.1 Å². The number of halogens is 2. The number of rotatable bonds is 8. The van der Waals surface area contributed by atoms with Crippen LogP contribution in [-0.4, -0.2) is 44.0 Å². The lowest BCUT2D eigenvalue weighted by atomic mass is 10.2. The van der Waals surface area contributed by atoms with E-state index in [1.54, 1.807) is 18.5 Å². The highest BCUT2D eigenvalue weighted by molar-refractivity contribution is 14.0. The molecule has 2 aromatic heterocycles. The van der Waals surface area contributed by atoms with Crippen molar-refractivity contribution < 1.29 is 4.52 Å². The van der Waals surface area contributed by atoms with Crippen LogP contribution in [0.4, 0.5) is 0 Å². The summed E-state index contributed by atoms with van der Waals surface area (Å²) in [6.07, 6.45) is 2.59. The first-order valence-electron chi connectivity index (χ1n) is 9.17. The first-order chi connectivity index (χ1) is 13.7. The summed E-state index contributed by atoms with van der Waals surface area (Å²) in [6.45, 7) is 6.54. The molecule has 1 aromatic carbocycles. The van der Waals surface area contributed by atoms with Crippen molar-refractivity contribution in [3.63, 3.8) is 0 Å². The van der Waals surface area contributed by atoms with Gasteiger partial charge in [0.25, 0.3) is 0 Å². The van der Waals surface area contributed by atoms with Gasteiger partial charge in [0, 0.05) is 36.6 Å². The fourth-order valence-corrected chi connectivity index (χ4v) is 2.68. The number of hydrogen-bond acceptors (Lipinski definition) is 6. The standard InChI is InChI=1S/C18H23ClN8O.HI/c1-3-15-25-23-12-27(15)10-9-21-18(20-4-2)22-11-16-24-17(26-28-16)13-5-7-14(19)8-6-13;/h5-8,12H,3-4,9-11H2,1-2H3,(H2,20,21,22);1H. The van der Waals surface area contributed by atoms with E-state index in [0.29, 0.717) is 29.2 Å². The van der Waals surface area contributed by atoms with E-state index in [1.165, 1.54) is 0 Å². The Morgan fingerprint density at radius 1 is 1.21 bits per heavy atom. The van der Waals surface area contributed by atoms with Crippen LogP contribution in [0.3, 0.4) is 0 Å². The molecule has 3 rings (SSSR count). The molecule has 9 nitrogen and oxygen atoms in total. The molecule has 2 N–H and O–H groups in total. The van der Waals surface area contributed by atoms with Crippen LogP contribution < -0.4 is 10.6 Å². The molecule has 0 aliphatic carbocycles. The van der Waals surface area contributed by atoms with Crippen LogP contribution in [0.5, 0.6) is 0 Å². The molecule has 0 atom stereocenters. The first kappa shape index (κ1) is 23.1. The second-order valence-corrected chi connectivity index (χ2v) is 6.37. The molecule has 0 saturated carbocycles. The summed E-state index contributed by atoms with van der Waals surface area (Å²) in [6, 6.07) is 7.28. The van der Waals surface area contributed by atoms with Crippen molar-refractivity contribution in [1.29, 1.82) is 0 Å². The van der Waals surface area contributed by atoms with Gasteiger partial charge in [0.2, 0.25) is 11.7 Å². The van der Waals surface area contributed by atoms with Crippen LogP contribution in [-0.2, 0) is 19.5 Å². The first-order valence-corrected chi connectivity index (χ1v) is 9.54. The summed E-state index contributed by atoms with van der Waals surface area (Å²) >= 11 is 5.91. The van der Waals surface area contributed by atoms with Crippen LogP contribution in [0.15, 0.2) is 40.1 Å². The summed E-state index contributed by atoms with van der Waals surface area (Å²) in [5.74, 6) is 2.60. The summed E-state index contributed by atoms with van der Waals surface area (Å²) in [5, 5.41) is 19.2. The van der Waals surface area contributed by atoms with Crippen LogP contribution in [0.25, 0.3) is 11.4 Å². The number of aryl methyl sites for hydroxylation is 1.